The number of aryl methyl sites for hydroxylation is 1. The van der Waals surface area contributed by atoms with Crippen molar-refractivity contribution in [3.05, 3.63) is 29.3 Å². The molecule has 4 nitrogen and oxygen atoms in total. The summed E-state index contributed by atoms with van der Waals surface area (Å²) in [6.07, 6.45) is 1.69. The maximum Gasteiger partial charge on any atom is 0.253 e. The summed E-state index contributed by atoms with van der Waals surface area (Å²) in [5.41, 5.74) is 7.68. The molecule has 4 heteroatoms. The Labute approximate surface area is 101 Å². The average Bonchev–Trinajstić information content (AvgIpc) is 3.12. The molecule has 0 bridgehead atoms. The van der Waals surface area contributed by atoms with Crippen molar-refractivity contribution in [2.24, 2.45) is 5.92 Å². The van der Waals surface area contributed by atoms with Gasteiger partial charge in [-0.3, -0.25) is 4.79 Å². The number of aliphatic hydroxyl groups excluding tert-OH is 1. The second-order valence-corrected chi connectivity index (χ2v) is 4.71. The zero-order chi connectivity index (χ0) is 12.4. The van der Waals surface area contributed by atoms with Crippen molar-refractivity contribution in [1.82, 2.24) is 5.32 Å². The molecule has 0 saturated heterocycles. The molecule has 92 valence electrons. The Morgan fingerprint density at radius 1 is 1.59 bits per heavy atom. The highest BCUT2D eigenvalue weighted by Crippen LogP contribution is 2.32. The minimum atomic E-state index is -0.426. The van der Waals surface area contributed by atoms with Gasteiger partial charge in [0.1, 0.15) is 0 Å². The SMILES string of the molecule is Cc1ccc(N)c(C(=O)NCC(O)C2CC2)c1. The van der Waals surface area contributed by atoms with Gasteiger partial charge in [-0.1, -0.05) is 11.6 Å². The number of benzene rings is 1. The lowest BCUT2D eigenvalue weighted by molar-refractivity contribution is 0.0902. The fourth-order valence-corrected chi connectivity index (χ4v) is 1.81. The Kier molecular flexibility index (Phi) is 3.33. The van der Waals surface area contributed by atoms with E-state index >= 15 is 0 Å². The molecule has 1 atom stereocenters. The van der Waals surface area contributed by atoms with Crippen molar-refractivity contribution in [1.29, 1.82) is 0 Å². The van der Waals surface area contributed by atoms with Crippen LogP contribution in [-0.4, -0.2) is 23.7 Å². The van der Waals surface area contributed by atoms with Crippen LogP contribution in [0.5, 0.6) is 0 Å². The smallest absolute Gasteiger partial charge is 0.253 e. The number of nitrogens with two attached hydrogens (primary N) is 1. The van der Waals surface area contributed by atoms with Crippen LogP contribution in [0.2, 0.25) is 0 Å². The number of nitrogens with one attached hydrogen (secondary N) is 1. The van der Waals surface area contributed by atoms with Gasteiger partial charge in [0.05, 0.1) is 11.7 Å². The molecule has 1 amide bonds. The van der Waals surface area contributed by atoms with E-state index in [0.717, 1.165) is 18.4 Å². The van der Waals surface area contributed by atoms with Crippen molar-refractivity contribution >= 4 is 11.6 Å². The summed E-state index contributed by atoms with van der Waals surface area (Å²) >= 11 is 0. The van der Waals surface area contributed by atoms with Gasteiger partial charge < -0.3 is 16.2 Å². The Morgan fingerprint density at radius 3 is 2.94 bits per heavy atom. The summed E-state index contributed by atoms with van der Waals surface area (Å²) in [4.78, 5) is 11.9. The highest BCUT2D eigenvalue weighted by molar-refractivity contribution is 5.99. The van der Waals surface area contributed by atoms with Crippen LogP contribution in [0.15, 0.2) is 18.2 Å². The number of rotatable bonds is 4. The van der Waals surface area contributed by atoms with Crippen molar-refractivity contribution in [2.45, 2.75) is 25.9 Å². The molecule has 1 aromatic carbocycles. The molecule has 1 saturated carbocycles. The van der Waals surface area contributed by atoms with E-state index in [-0.39, 0.29) is 5.91 Å². The van der Waals surface area contributed by atoms with E-state index in [1.807, 2.05) is 13.0 Å². The normalized spacial score (nSPS) is 16.6. The molecule has 17 heavy (non-hydrogen) atoms. The minimum absolute atomic E-state index is 0.217. The molecule has 1 aliphatic carbocycles. The highest BCUT2D eigenvalue weighted by Gasteiger charge is 2.29. The third kappa shape index (κ3) is 2.97. The molecule has 1 aliphatic rings. The minimum Gasteiger partial charge on any atom is -0.398 e. The predicted octanol–water partition coefficient (Wildman–Crippen LogP) is 1.08. The standard InChI is InChI=1S/C13H18N2O2/c1-8-2-5-11(14)10(6-8)13(17)15-7-12(16)9-3-4-9/h2,5-6,9,12,16H,3-4,7,14H2,1H3,(H,15,17). The number of anilines is 1. The van der Waals surface area contributed by atoms with Crippen LogP contribution in [0.25, 0.3) is 0 Å². The number of carbonyl (C=O) groups is 1. The van der Waals surface area contributed by atoms with Crippen LogP contribution in [-0.2, 0) is 0 Å². The zero-order valence-corrected chi connectivity index (χ0v) is 9.94. The summed E-state index contributed by atoms with van der Waals surface area (Å²) in [7, 11) is 0. The summed E-state index contributed by atoms with van der Waals surface area (Å²) in [5, 5.41) is 12.4. The molecule has 0 radical (unpaired) electrons. The summed E-state index contributed by atoms with van der Waals surface area (Å²) < 4.78 is 0. The Balaban J connectivity index is 1.96. The number of nitrogen functional groups attached to an aromatic ring is 1. The van der Waals surface area contributed by atoms with Gasteiger partial charge in [-0.15, -0.1) is 0 Å². The van der Waals surface area contributed by atoms with Gasteiger partial charge in [0.2, 0.25) is 0 Å². The summed E-state index contributed by atoms with van der Waals surface area (Å²) in [6, 6.07) is 5.35. The quantitative estimate of drug-likeness (QED) is 0.682. The largest absolute Gasteiger partial charge is 0.398 e. The van der Waals surface area contributed by atoms with Gasteiger partial charge in [-0.2, -0.15) is 0 Å². The third-order valence-electron chi connectivity index (χ3n) is 3.09. The number of aliphatic hydroxyl groups is 1. The number of hydrogen-bond acceptors (Lipinski definition) is 3. The van der Waals surface area contributed by atoms with Gasteiger partial charge in [0, 0.05) is 12.2 Å². The van der Waals surface area contributed by atoms with Crippen LogP contribution in [0.1, 0.15) is 28.8 Å². The average molecular weight is 234 g/mol. The molecule has 0 heterocycles. The second kappa shape index (κ2) is 4.75. The molecular formula is C13H18N2O2. The fourth-order valence-electron chi connectivity index (χ4n) is 1.81. The molecule has 1 unspecified atom stereocenters. The maximum absolute atomic E-state index is 11.9. The van der Waals surface area contributed by atoms with Gasteiger partial charge in [0.15, 0.2) is 0 Å². The van der Waals surface area contributed by atoms with Gasteiger partial charge >= 0.3 is 0 Å². The Hall–Kier alpha value is -1.55. The number of carbonyl (C=O) groups excluding carboxylic acids is 1. The van der Waals surface area contributed by atoms with Crippen LogP contribution < -0.4 is 11.1 Å². The Bertz CT molecular complexity index is 427. The Morgan fingerprint density at radius 2 is 2.29 bits per heavy atom. The molecule has 2 rings (SSSR count). The van der Waals surface area contributed by atoms with E-state index < -0.39 is 6.10 Å². The summed E-state index contributed by atoms with van der Waals surface area (Å²) in [6.45, 7) is 2.21. The van der Waals surface area contributed by atoms with E-state index in [9.17, 15) is 9.90 Å². The first-order valence-corrected chi connectivity index (χ1v) is 5.90. The lowest BCUT2D eigenvalue weighted by Gasteiger charge is -2.12. The zero-order valence-electron chi connectivity index (χ0n) is 9.94. The van der Waals surface area contributed by atoms with E-state index in [1.165, 1.54) is 0 Å². The molecule has 4 N–H and O–H groups in total. The topological polar surface area (TPSA) is 75.4 Å². The first-order valence-electron chi connectivity index (χ1n) is 5.90. The molecule has 1 aromatic rings. The van der Waals surface area contributed by atoms with Crippen LogP contribution in [0.3, 0.4) is 0 Å². The van der Waals surface area contributed by atoms with Crippen molar-refractivity contribution in [3.63, 3.8) is 0 Å². The van der Waals surface area contributed by atoms with Crippen LogP contribution in [0, 0.1) is 12.8 Å². The van der Waals surface area contributed by atoms with Crippen LogP contribution >= 0.6 is 0 Å². The van der Waals surface area contributed by atoms with Crippen molar-refractivity contribution in [3.8, 4) is 0 Å². The second-order valence-electron chi connectivity index (χ2n) is 4.71. The van der Waals surface area contributed by atoms with Gasteiger partial charge in [-0.25, -0.2) is 0 Å². The maximum atomic E-state index is 11.9. The van der Waals surface area contributed by atoms with Gasteiger partial charge in [-0.05, 0) is 37.8 Å². The monoisotopic (exact) mass is 234 g/mol. The molecule has 1 fully saturated rings. The summed E-state index contributed by atoms with van der Waals surface area (Å²) in [5.74, 6) is 0.149. The first kappa shape index (κ1) is 11.9. The molecular weight excluding hydrogens is 216 g/mol. The van der Waals surface area contributed by atoms with E-state index in [2.05, 4.69) is 5.32 Å². The fraction of sp³-hybridized carbons (Fsp3) is 0.462. The number of hydrogen-bond donors (Lipinski definition) is 3. The van der Waals surface area contributed by atoms with E-state index in [1.54, 1.807) is 12.1 Å². The lowest BCUT2D eigenvalue weighted by atomic mass is 10.1. The van der Waals surface area contributed by atoms with E-state index in [4.69, 9.17) is 5.73 Å². The van der Waals surface area contributed by atoms with E-state index in [0.29, 0.717) is 23.7 Å². The lowest BCUT2D eigenvalue weighted by Crippen LogP contribution is -2.33. The number of amides is 1. The van der Waals surface area contributed by atoms with Crippen molar-refractivity contribution < 1.29 is 9.90 Å². The first-order chi connectivity index (χ1) is 8.08. The highest BCUT2D eigenvalue weighted by atomic mass is 16.3. The van der Waals surface area contributed by atoms with Crippen molar-refractivity contribution in [2.75, 3.05) is 12.3 Å². The predicted molar refractivity (Wildman–Crippen MR) is 66.7 cm³/mol. The van der Waals surface area contributed by atoms with Crippen LogP contribution in [0.4, 0.5) is 5.69 Å². The molecule has 0 aliphatic heterocycles. The molecule has 0 aromatic heterocycles. The van der Waals surface area contributed by atoms with Gasteiger partial charge in [0.25, 0.3) is 5.91 Å². The third-order valence-corrected chi connectivity index (χ3v) is 3.09. The molecule has 0 spiro atoms.